The second-order valence-electron chi connectivity index (χ2n) is 8.34. The highest BCUT2D eigenvalue weighted by atomic mass is 16.5. The summed E-state index contributed by atoms with van der Waals surface area (Å²) in [4.78, 5) is 52.6. The largest absolute Gasteiger partial charge is 0.452 e. The van der Waals surface area contributed by atoms with Crippen molar-refractivity contribution in [1.29, 1.82) is 0 Å². The number of hydrogen-bond donors (Lipinski definition) is 0. The van der Waals surface area contributed by atoms with Gasteiger partial charge in [0.2, 0.25) is 0 Å². The van der Waals surface area contributed by atoms with Gasteiger partial charge in [0.05, 0.1) is 16.7 Å². The van der Waals surface area contributed by atoms with Crippen molar-refractivity contribution in [2.24, 2.45) is 11.8 Å². The lowest BCUT2D eigenvalue weighted by molar-refractivity contribution is -0.135. The molecule has 2 aliphatic heterocycles. The van der Waals surface area contributed by atoms with Crippen molar-refractivity contribution in [3.8, 4) is 0 Å². The van der Waals surface area contributed by atoms with E-state index in [0.717, 1.165) is 19.3 Å². The maximum atomic E-state index is 12.6. The molecule has 0 aliphatic carbocycles. The lowest BCUT2D eigenvalue weighted by atomic mass is 9.99. The average molecular weight is 400 g/mol. The zero-order chi connectivity index (χ0) is 21.1. The molecule has 7 heteroatoms. The van der Waals surface area contributed by atoms with Gasteiger partial charge in [-0.1, -0.05) is 20.8 Å². The number of likely N-dealkylation sites (tertiary alicyclic amines) is 1. The van der Waals surface area contributed by atoms with Crippen LogP contribution >= 0.6 is 0 Å². The summed E-state index contributed by atoms with van der Waals surface area (Å²) in [5, 5.41) is 0. The number of piperidine rings is 1. The van der Waals surface area contributed by atoms with Gasteiger partial charge in [0.15, 0.2) is 6.61 Å². The fourth-order valence-corrected chi connectivity index (χ4v) is 3.57. The second-order valence-corrected chi connectivity index (χ2v) is 8.34. The number of ether oxygens (including phenoxy) is 1. The summed E-state index contributed by atoms with van der Waals surface area (Å²) < 4.78 is 5.16. The molecule has 1 aromatic carbocycles. The van der Waals surface area contributed by atoms with Gasteiger partial charge in [-0.2, -0.15) is 0 Å². The molecule has 0 saturated carbocycles. The number of carbonyl (C=O) groups is 4. The zero-order valence-corrected chi connectivity index (χ0v) is 17.3. The Morgan fingerprint density at radius 2 is 1.76 bits per heavy atom. The number of amides is 3. The number of fused-ring (bicyclic) bond motifs is 1. The van der Waals surface area contributed by atoms with Gasteiger partial charge in [-0.25, -0.2) is 4.79 Å². The van der Waals surface area contributed by atoms with Gasteiger partial charge in [-0.15, -0.1) is 0 Å². The summed E-state index contributed by atoms with van der Waals surface area (Å²) in [6, 6.07) is 4.33. The van der Waals surface area contributed by atoms with Crippen LogP contribution in [0.2, 0.25) is 0 Å². The van der Waals surface area contributed by atoms with E-state index in [9.17, 15) is 19.2 Å². The highest BCUT2D eigenvalue weighted by molar-refractivity contribution is 6.22. The number of hydrogen-bond acceptors (Lipinski definition) is 5. The van der Waals surface area contributed by atoms with Crippen LogP contribution in [0, 0.1) is 11.8 Å². The van der Waals surface area contributed by atoms with Crippen LogP contribution in [-0.2, 0) is 9.53 Å². The molecular weight excluding hydrogens is 372 g/mol. The molecule has 0 aromatic heterocycles. The third kappa shape index (κ3) is 4.66. The highest BCUT2D eigenvalue weighted by Gasteiger charge is 2.36. The first-order valence-corrected chi connectivity index (χ1v) is 10.2. The average Bonchev–Trinajstić information content (AvgIpc) is 2.94. The van der Waals surface area contributed by atoms with E-state index in [0.29, 0.717) is 37.0 Å². The quantitative estimate of drug-likeness (QED) is 0.542. The van der Waals surface area contributed by atoms with Gasteiger partial charge in [-0.3, -0.25) is 19.3 Å². The number of esters is 1. The number of benzene rings is 1. The number of carbonyl (C=O) groups excluding carboxylic acids is 4. The Bertz CT molecular complexity index is 824. The summed E-state index contributed by atoms with van der Waals surface area (Å²) in [5.41, 5.74) is 0.675. The Morgan fingerprint density at radius 1 is 1.10 bits per heavy atom. The van der Waals surface area contributed by atoms with Crippen LogP contribution in [0.4, 0.5) is 0 Å². The van der Waals surface area contributed by atoms with Crippen molar-refractivity contribution in [2.45, 2.75) is 40.0 Å². The van der Waals surface area contributed by atoms with E-state index in [1.807, 2.05) is 13.8 Å². The molecule has 7 nitrogen and oxygen atoms in total. The van der Waals surface area contributed by atoms with E-state index in [4.69, 9.17) is 4.74 Å². The van der Waals surface area contributed by atoms with E-state index in [1.165, 1.54) is 23.1 Å². The molecule has 0 bridgehead atoms. The van der Waals surface area contributed by atoms with Crippen LogP contribution in [0.15, 0.2) is 18.2 Å². The molecule has 29 heavy (non-hydrogen) atoms. The second kappa shape index (κ2) is 8.76. The van der Waals surface area contributed by atoms with Crippen LogP contribution in [0.25, 0.3) is 0 Å². The topological polar surface area (TPSA) is 84.0 Å². The highest BCUT2D eigenvalue weighted by Crippen LogP contribution is 2.25. The van der Waals surface area contributed by atoms with Gasteiger partial charge in [-0.05, 0) is 49.3 Å². The molecule has 0 N–H and O–H groups in total. The maximum Gasteiger partial charge on any atom is 0.338 e. The predicted octanol–water partition coefficient (Wildman–Crippen LogP) is 2.74. The first kappa shape index (κ1) is 21.0. The first-order valence-electron chi connectivity index (χ1n) is 10.2. The molecule has 3 amide bonds. The summed E-state index contributed by atoms with van der Waals surface area (Å²) in [5.74, 6) is -0.636. The minimum Gasteiger partial charge on any atom is -0.452 e. The molecule has 156 valence electrons. The maximum absolute atomic E-state index is 12.6. The van der Waals surface area contributed by atoms with Crippen LogP contribution in [0.3, 0.4) is 0 Å². The normalized spacial score (nSPS) is 17.1. The van der Waals surface area contributed by atoms with E-state index in [1.54, 1.807) is 4.90 Å². The zero-order valence-electron chi connectivity index (χ0n) is 17.3. The molecule has 1 fully saturated rings. The van der Waals surface area contributed by atoms with E-state index < -0.39 is 5.97 Å². The summed E-state index contributed by atoms with van der Waals surface area (Å²) in [7, 11) is 0. The molecule has 3 rings (SSSR count). The van der Waals surface area contributed by atoms with E-state index in [-0.39, 0.29) is 35.5 Å². The van der Waals surface area contributed by atoms with Gasteiger partial charge >= 0.3 is 5.97 Å². The fraction of sp³-hybridized carbons (Fsp3) is 0.545. The number of nitrogens with zero attached hydrogens (tertiary/aromatic N) is 2. The Morgan fingerprint density at radius 3 is 2.41 bits per heavy atom. The predicted molar refractivity (Wildman–Crippen MR) is 107 cm³/mol. The minimum atomic E-state index is -0.674. The summed E-state index contributed by atoms with van der Waals surface area (Å²) >= 11 is 0. The van der Waals surface area contributed by atoms with E-state index >= 15 is 0 Å². The van der Waals surface area contributed by atoms with Crippen LogP contribution in [-0.4, -0.2) is 59.7 Å². The molecule has 1 saturated heterocycles. The first-order chi connectivity index (χ1) is 13.8. The molecule has 2 aliphatic rings. The van der Waals surface area contributed by atoms with Gasteiger partial charge in [0.25, 0.3) is 17.7 Å². The number of rotatable bonds is 6. The van der Waals surface area contributed by atoms with Crippen molar-refractivity contribution >= 4 is 23.7 Å². The Balaban J connectivity index is 1.61. The SMILES string of the molecule is CC(C)CCN1C(=O)c2ccc(C(=O)OCC(=O)N3CCC(C)CC3)cc2C1=O. The third-order valence-corrected chi connectivity index (χ3v) is 5.60. The van der Waals surface area contributed by atoms with Gasteiger partial charge in [0, 0.05) is 19.6 Å². The van der Waals surface area contributed by atoms with Crippen molar-refractivity contribution in [3.63, 3.8) is 0 Å². The Hall–Kier alpha value is -2.70. The lowest BCUT2D eigenvalue weighted by Gasteiger charge is -2.30. The van der Waals surface area contributed by atoms with Crippen LogP contribution in [0.5, 0.6) is 0 Å². The molecule has 2 heterocycles. The van der Waals surface area contributed by atoms with Crippen LogP contribution in [0.1, 0.15) is 71.1 Å². The monoisotopic (exact) mass is 400 g/mol. The van der Waals surface area contributed by atoms with Gasteiger partial charge < -0.3 is 9.64 Å². The number of imide groups is 1. The molecule has 0 radical (unpaired) electrons. The molecule has 0 spiro atoms. The summed E-state index contributed by atoms with van der Waals surface area (Å²) in [6.45, 7) is 7.60. The Kier molecular flexibility index (Phi) is 6.35. The summed E-state index contributed by atoms with van der Waals surface area (Å²) in [6.07, 6.45) is 2.62. The third-order valence-electron chi connectivity index (χ3n) is 5.60. The lowest BCUT2D eigenvalue weighted by Crippen LogP contribution is -2.40. The van der Waals surface area contributed by atoms with Crippen molar-refractivity contribution in [2.75, 3.05) is 26.2 Å². The minimum absolute atomic E-state index is 0.163. The van der Waals surface area contributed by atoms with Crippen molar-refractivity contribution in [1.82, 2.24) is 9.80 Å². The molecule has 1 aromatic rings. The van der Waals surface area contributed by atoms with Crippen molar-refractivity contribution in [3.05, 3.63) is 34.9 Å². The smallest absolute Gasteiger partial charge is 0.338 e. The fourth-order valence-electron chi connectivity index (χ4n) is 3.57. The van der Waals surface area contributed by atoms with E-state index in [2.05, 4.69) is 6.92 Å². The van der Waals surface area contributed by atoms with Crippen LogP contribution < -0.4 is 0 Å². The molecule has 0 unspecified atom stereocenters. The standard InChI is InChI=1S/C22H28N2O5/c1-14(2)6-11-24-20(26)17-5-4-16(12-18(17)21(24)27)22(28)29-13-19(25)23-9-7-15(3)8-10-23/h4-5,12,14-15H,6-11,13H2,1-3H3. The molecule has 0 atom stereocenters. The molecular formula is C22H28N2O5. The Labute approximate surface area is 171 Å². The van der Waals surface area contributed by atoms with Crippen molar-refractivity contribution < 1.29 is 23.9 Å². The van der Waals surface area contributed by atoms with Gasteiger partial charge in [0.1, 0.15) is 0 Å².